The minimum Gasteiger partial charge on any atom is -0.497 e. The molecule has 0 aliphatic carbocycles. The fourth-order valence-electron chi connectivity index (χ4n) is 2.77. The number of aliphatic hydroxyl groups is 1. The largest absolute Gasteiger partial charge is 0.497 e. The van der Waals surface area contributed by atoms with E-state index in [9.17, 15) is 9.90 Å². The molecule has 1 aromatic carbocycles. The molecule has 1 aliphatic rings. The minimum absolute atomic E-state index is 0.00845. The quantitative estimate of drug-likeness (QED) is 0.759. The van der Waals surface area contributed by atoms with E-state index >= 15 is 0 Å². The van der Waals surface area contributed by atoms with Crippen molar-refractivity contribution in [2.24, 2.45) is 5.41 Å². The Kier molecular flexibility index (Phi) is 5.88. The van der Waals surface area contributed by atoms with Gasteiger partial charge in [-0.2, -0.15) is 0 Å². The topological polar surface area (TPSA) is 61.8 Å². The van der Waals surface area contributed by atoms with Crippen molar-refractivity contribution >= 4 is 6.03 Å². The first-order chi connectivity index (χ1) is 11.0. The number of aliphatic hydroxyl groups excluding tert-OH is 1. The summed E-state index contributed by atoms with van der Waals surface area (Å²) in [6.07, 6.45) is 2.75. The zero-order valence-corrected chi connectivity index (χ0v) is 14.3. The van der Waals surface area contributed by atoms with Crippen LogP contribution in [0.25, 0.3) is 0 Å². The summed E-state index contributed by atoms with van der Waals surface area (Å²) in [6, 6.07) is 8.03. The molecule has 1 aromatic rings. The van der Waals surface area contributed by atoms with Crippen molar-refractivity contribution < 1.29 is 14.6 Å². The summed E-state index contributed by atoms with van der Waals surface area (Å²) in [5.41, 5.74) is 1.04. The number of likely N-dealkylation sites (tertiary alicyclic amines) is 1. The number of methoxy groups -OCH3 is 1. The maximum Gasteiger partial charge on any atom is 0.317 e. The van der Waals surface area contributed by atoms with Gasteiger partial charge in [0.2, 0.25) is 0 Å². The normalized spacial score (nSPS) is 17.6. The van der Waals surface area contributed by atoms with Crippen LogP contribution in [0, 0.1) is 5.41 Å². The van der Waals surface area contributed by atoms with Crippen LogP contribution in [0.1, 0.15) is 44.7 Å². The van der Waals surface area contributed by atoms with Gasteiger partial charge in [0, 0.05) is 19.7 Å². The molecule has 0 aromatic heterocycles. The number of benzene rings is 1. The van der Waals surface area contributed by atoms with Gasteiger partial charge in [-0.3, -0.25) is 0 Å². The smallest absolute Gasteiger partial charge is 0.317 e. The van der Waals surface area contributed by atoms with Crippen molar-refractivity contribution in [1.82, 2.24) is 10.2 Å². The van der Waals surface area contributed by atoms with E-state index in [2.05, 4.69) is 5.32 Å². The second-order valence-corrected chi connectivity index (χ2v) is 6.93. The lowest BCUT2D eigenvalue weighted by Crippen LogP contribution is -2.50. The fourth-order valence-corrected chi connectivity index (χ4v) is 2.77. The van der Waals surface area contributed by atoms with Crippen molar-refractivity contribution in [2.75, 3.05) is 26.8 Å². The lowest BCUT2D eigenvalue weighted by Gasteiger charge is -2.41. The van der Waals surface area contributed by atoms with E-state index in [0.29, 0.717) is 6.54 Å². The molecular formula is C18H28N2O3. The predicted molar refractivity (Wildman–Crippen MR) is 90.6 cm³/mol. The molecule has 0 saturated carbocycles. The summed E-state index contributed by atoms with van der Waals surface area (Å²) in [4.78, 5) is 14.2. The van der Waals surface area contributed by atoms with Crippen molar-refractivity contribution in [3.63, 3.8) is 0 Å². The average Bonchev–Trinajstić information content (AvgIpc) is 2.51. The second-order valence-electron chi connectivity index (χ2n) is 6.93. The summed E-state index contributed by atoms with van der Waals surface area (Å²) in [7, 11) is 1.65. The number of carbonyl (C=O) groups is 1. The first-order valence-electron chi connectivity index (χ1n) is 8.26. The van der Waals surface area contributed by atoms with E-state index in [1.807, 2.05) is 43.0 Å². The van der Waals surface area contributed by atoms with Crippen LogP contribution < -0.4 is 10.1 Å². The summed E-state index contributed by atoms with van der Waals surface area (Å²) < 4.78 is 5.25. The molecule has 0 bridgehead atoms. The molecule has 5 nitrogen and oxygen atoms in total. The molecule has 1 fully saturated rings. The number of hydrogen-bond donors (Lipinski definition) is 2. The second kappa shape index (κ2) is 7.68. The van der Waals surface area contributed by atoms with Gasteiger partial charge in [0.1, 0.15) is 5.75 Å². The van der Waals surface area contributed by atoms with E-state index in [4.69, 9.17) is 4.74 Å². The maximum atomic E-state index is 12.3. The summed E-state index contributed by atoms with van der Waals surface area (Å²) in [6.45, 7) is 5.66. The molecule has 0 radical (unpaired) electrons. The molecule has 2 rings (SSSR count). The van der Waals surface area contributed by atoms with Gasteiger partial charge >= 0.3 is 6.03 Å². The van der Waals surface area contributed by atoms with Crippen LogP contribution in [-0.2, 0) is 0 Å². The predicted octanol–water partition coefficient (Wildman–Crippen LogP) is 2.95. The highest BCUT2D eigenvalue weighted by Crippen LogP contribution is 2.34. The molecule has 1 atom stereocenters. The SMILES string of the molecule is COc1cccc(C2CCN2C(=O)NCCCC(C)(C)CO)c1. The van der Waals surface area contributed by atoms with Gasteiger partial charge in [0.05, 0.1) is 13.2 Å². The lowest BCUT2D eigenvalue weighted by molar-refractivity contribution is 0.114. The third-order valence-corrected chi connectivity index (χ3v) is 4.49. The molecule has 0 spiro atoms. The van der Waals surface area contributed by atoms with Gasteiger partial charge in [-0.25, -0.2) is 4.79 Å². The number of carbonyl (C=O) groups excluding carboxylic acids is 1. The molecule has 2 N–H and O–H groups in total. The van der Waals surface area contributed by atoms with Crippen molar-refractivity contribution in [3.05, 3.63) is 29.8 Å². The van der Waals surface area contributed by atoms with E-state index in [1.165, 1.54) is 0 Å². The average molecular weight is 320 g/mol. The van der Waals surface area contributed by atoms with Gasteiger partial charge in [0.15, 0.2) is 0 Å². The maximum absolute atomic E-state index is 12.3. The zero-order valence-electron chi connectivity index (χ0n) is 14.3. The molecule has 1 aliphatic heterocycles. The third kappa shape index (κ3) is 4.61. The lowest BCUT2D eigenvalue weighted by atomic mass is 9.89. The first-order valence-corrected chi connectivity index (χ1v) is 8.26. The van der Waals surface area contributed by atoms with Crippen molar-refractivity contribution in [2.45, 2.75) is 39.2 Å². The van der Waals surface area contributed by atoms with Gasteiger partial charge < -0.3 is 20.1 Å². The monoisotopic (exact) mass is 320 g/mol. The standard InChI is InChI=1S/C18H28N2O3/c1-18(2,13-21)9-5-10-19-17(22)20-11-8-16(20)14-6-4-7-15(12-14)23-3/h4,6-7,12,16,21H,5,8-11,13H2,1-3H3,(H,19,22). The van der Waals surface area contributed by atoms with Gasteiger partial charge in [0.25, 0.3) is 0 Å². The van der Waals surface area contributed by atoms with Crippen LogP contribution in [0.15, 0.2) is 24.3 Å². The number of hydrogen-bond acceptors (Lipinski definition) is 3. The number of urea groups is 1. The number of amides is 2. The Balaban J connectivity index is 1.81. The van der Waals surface area contributed by atoms with E-state index in [1.54, 1.807) is 7.11 Å². The summed E-state index contributed by atoms with van der Waals surface area (Å²) in [5, 5.41) is 12.2. The molecule has 1 heterocycles. The minimum atomic E-state index is -0.0788. The highest BCUT2D eigenvalue weighted by molar-refractivity contribution is 5.75. The molecule has 1 unspecified atom stereocenters. The molecule has 2 amide bonds. The zero-order chi connectivity index (χ0) is 16.9. The number of rotatable bonds is 7. The number of nitrogens with one attached hydrogen (secondary N) is 1. The van der Waals surface area contributed by atoms with Crippen molar-refractivity contribution in [1.29, 1.82) is 0 Å². The van der Waals surface area contributed by atoms with E-state index in [-0.39, 0.29) is 24.1 Å². The van der Waals surface area contributed by atoms with Crippen LogP contribution in [0.3, 0.4) is 0 Å². The Morgan fingerprint density at radius 1 is 1.48 bits per heavy atom. The molecule has 1 saturated heterocycles. The highest BCUT2D eigenvalue weighted by atomic mass is 16.5. The van der Waals surface area contributed by atoms with Crippen LogP contribution in [0.5, 0.6) is 5.75 Å². The molecule has 5 heteroatoms. The van der Waals surface area contributed by atoms with Crippen molar-refractivity contribution in [3.8, 4) is 5.75 Å². The van der Waals surface area contributed by atoms with E-state index < -0.39 is 0 Å². The number of nitrogens with zero attached hydrogens (tertiary/aromatic N) is 1. The fraction of sp³-hybridized carbons (Fsp3) is 0.611. The Hall–Kier alpha value is -1.75. The Morgan fingerprint density at radius 3 is 2.87 bits per heavy atom. The summed E-state index contributed by atoms with van der Waals surface area (Å²) >= 11 is 0. The first kappa shape index (κ1) is 17.6. The van der Waals surface area contributed by atoms with Crippen LogP contribution >= 0.6 is 0 Å². The third-order valence-electron chi connectivity index (χ3n) is 4.49. The molecule has 23 heavy (non-hydrogen) atoms. The van der Waals surface area contributed by atoms with Gasteiger partial charge in [-0.15, -0.1) is 0 Å². The van der Waals surface area contributed by atoms with E-state index in [0.717, 1.165) is 37.1 Å². The van der Waals surface area contributed by atoms with Gasteiger partial charge in [-0.05, 0) is 42.4 Å². The van der Waals surface area contributed by atoms with Crippen LogP contribution in [-0.4, -0.2) is 42.8 Å². The van der Waals surface area contributed by atoms with Gasteiger partial charge in [-0.1, -0.05) is 26.0 Å². The Morgan fingerprint density at radius 2 is 2.26 bits per heavy atom. The summed E-state index contributed by atoms with van der Waals surface area (Å²) in [5.74, 6) is 0.820. The molecule has 128 valence electrons. The Labute approximate surface area is 138 Å². The molecular weight excluding hydrogens is 292 g/mol. The Bertz CT molecular complexity index is 531. The highest BCUT2D eigenvalue weighted by Gasteiger charge is 2.33. The van der Waals surface area contributed by atoms with Crippen LogP contribution in [0.4, 0.5) is 4.79 Å². The van der Waals surface area contributed by atoms with Crippen LogP contribution in [0.2, 0.25) is 0 Å². The number of ether oxygens (including phenoxy) is 1.